The minimum Gasteiger partial charge on any atom is -0.323 e. The molecule has 0 saturated carbocycles. The lowest BCUT2D eigenvalue weighted by atomic mass is 10.1. The van der Waals surface area contributed by atoms with E-state index in [-0.39, 0.29) is 11.8 Å². The summed E-state index contributed by atoms with van der Waals surface area (Å²) < 4.78 is 0. The lowest BCUT2D eigenvalue weighted by Crippen LogP contribution is -2.18. The molecule has 0 saturated heterocycles. The molecule has 4 aromatic rings. The molecule has 164 valence electrons. The van der Waals surface area contributed by atoms with E-state index < -0.39 is 5.25 Å². The number of nitrogens with zero attached hydrogens (tertiary/aromatic N) is 1. The van der Waals surface area contributed by atoms with Crippen LogP contribution >= 0.6 is 23.1 Å². The molecule has 2 amide bonds. The first kappa shape index (κ1) is 22.5. The van der Waals surface area contributed by atoms with Gasteiger partial charge in [0.2, 0.25) is 11.8 Å². The highest BCUT2D eigenvalue weighted by Gasteiger charge is 2.22. The molecule has 3 aromatic carbocycles. The number of aromatic nitrogens is 1. The third-order valence-electron chi connectivity index (χ3n) is 4.61. The van der Waals surface area contributed by atoms with Gasteiger partial charge in [0, 0.05) is 28.2 Å². The predicted molar refractivity (Wildman–Crippen MR) is 136 cm³/mol. The fourth-order valence-electron chi connectivity index (χ4n) is 3.03. The van der Waals surface area contributed by atoms with Crippen molar-refractivity contribution in [3.8, 4) is 0 Å². The van der Waals surface area contributed by atoms with Crippen LogP contribution in [-0.2, 0) is 9.59 Å². The highest BCUT2D eigenvalue weighted by molar-refractivity contribution is 8.00. The molecule has 1 aromatic heterocycles. The Morgan fingerprint density at radius 3 is 2.24 bits per heavy atom. The van der Waals surface area contributed by atoms with Crippen molar-refractivity contribution in [1.82, 2.24) is 4.98 Å². The number of anilines is 2. The van der Waals surface area contributed by atoms with E-state index >= 15 is 0 Å². The van der Waals surface area contributed by atoms with Gasteiger partial charge in [-0.1, -0.05) is 60.7 Å². The number of carbonyl (C=O) groups is 2. The summed E-state index contributed by atoms with van der Waals surface area (Å²) in [4.78, 5) is 30.3. The second-order valence-corrected chi connectivity index (χ2v) is 9.07. The first-order valence-electron chi connectivity index (χ1n) is 10.2. The van der Waals surface area contributed by atoms with Gasteiger partial charge < -0.3 is 10.6 Å². The SMILES string of the molecule is O=C(/C=C/c1ccccc1)Nc1ccc(SC(C(=O)Nc2nccs2)c2ccccc2)cc1. The molecule has 33 heavy (non-hydrogen) atoms. The van der Waals surface area contributed by atoms with E-state index in [4.69, 9.17) is 0 Å². The zero-order chi connectivity index (χ0) is 22.9. The average Bonchev–Trinajstić information content (AvgIpc) is 3.36. The summed E-state index contributed by atoms with van der Waals surface area (Å²) in [5.41, 5.74) is 2.55. The molecule has 0 spiro atoms. The third kappa shape index (κ3) is 6.65. The van der Waals surface area contributed by atoms with Gasteiger partial charge in [-0.2, -0.15) is 0 Å². The normalized spacial score (nSPS) is 11.8. The molecule has 5 nitrogen and oxygen atoms in total. The molecular weight excluding hydrogens is 450 g/mol. The lowest BCUT2D eigenvalue weighted by molar-refractivity contribution is -0.116. The van der Waals surface area contributed by atoms with Crippen LogP contribution < -0.4 is 10.6 Å². The van der Waals surface area contributed by atoms with Gasteiger partial charge in [0.05, 0.1) is 0 Å². The van der Waals surface area contributed by atoms with E-state index in [1.165, 1.54) is 29.2 Å². The Balaban J connectivity index is 1.42. The molecular formula is C26H21N3O2S2. The predicted octanol–water partition coefficient (Wildman–Crippen LogP) is 6.27. The number of nitrogens with one attached hydrogen (secondary N) is 2. The van der Waals surface area contributed by atoms with Crippen molar-refractivity contribution < 1.29 is 9.59 Å². The summed E-state index contributed by atoms with van der Waals surface area (Å²) in [6.07, 6.45) is 4.93. The Morgan fingerprint density at radius 1 is 0.879 bits per heavy atom. The maximum Gasteiger partial charge on any atom is 0.248 e. The number of rotatable bonds is 8. The van der Waals surface area contributed by atoms with Crippen LogP contribution in [0.4, 0.5) is 10.8 Å². The van der Waals surface area contributed by atoms with Gasteiger partial charge in [0.25, 0.3) is 0 Å². The van der Waals surface area contributed by atoms with Crippen molar-refractivity contribution in [2.24, 2.45) is 0 Å². The summed E-state index contributed by atoms with van der Waals surface area (Å²) >= 11 is 2.83. The van der Waals surface area contributed by atoms with Crippen molar-refractivity contribution in [2.75, 3.05) is 10.6 Å². The van der Waals surface area contributed by atoms with Crippen LogP contribution in [0.3, 0.4) is 0 Å². The van der Waals surface area contributed by atoms with Crippen molar-refractivity contribution in [1.29, 1.82) is 0 Å². The van der Waals surface area contributed by atoms with E-state index in [1.807, 2.05) is 90.3 Å². The van der Waals surface area contributed by atoms with E-state index in [9.17, 15) is 9.59 Å². The Morgan fingerprint density at radius 2 is 1.58 bits per heavy atom. The lowest BCUT2D eigenvalue weighted by Gasteiger charge is -2.16. The fourth-order valence-corrected chi connectivity index (χ4v) is 4.59. The maximum atomic E-state index is 13.0. The molecule has 0 fully saturated rings. The van der Waals surface area contributed by atoms with Crippen LogP contribution in [0.2, 0.25) is 0 Å². The summed E-state index contributed by atoms with van der Waals surface area (Å²) in [5.74, 6) is -0.339. The standard InChI is InChI=1S/C26H21N3O2S2/c30-23(16-11-19-7-3-1-4-8-19)28-21-12-14-22(15-13-21)33-24(20-9-5-2-6-10-20)25(31)29-26-27-17-18-32-26/h1-18,24H,(H,28,30)(H,27,29,31)/b16-11+. The quantitative estimate of drug-likeness (QED) is 0.235. The van der Waals surface area contributed by atoms with Gasteiger partial charge in [-0.15, -0.1) is 23.1 Å². The maximum absolute atomic E-state index is 13.0. The van der Waals surface area contributed by atoms with Crippen molar-refractivity contribution >= 4 is 51.8 Å². The zero-order valence-corrected chi connectivity index (χ0v) is 19.2. The minimum atomic E-state index is -0.440. The highest BCUT2D eigenvalue weighted by atomic mass is 32.2. The van der Waals surface area contributed by atoms with Gasteiger partial charge in [-0.3, -0.25) is 9.59 Å². The van der Waals surface area contributed by atoms with Gasteiger partial charge in [0.15, 0.2) is 5.13 Å². The monoisotopic (exact) mass is 471 g/mol. The highest BCUT2D eigenvalue weighted by Crippen LogP contribution is 2.36. The summed E-state index contributed by atoms with van der Waals surface area (Å²) in [5, 5.41) is 7.70. The molecule has 0 aliphatic rings. The summed E-state index contributed by atoms with van der Waals surface area (Å²) in [6.45, 7) is 0. The van der Waals surface area contributed by atoms with Gasteiger partial charge in [-0.25, -0.2) is 4.98 Å². The second-order valence-electron chi connectivity index (χ2n) is 6.99. The number of benzene rings is 3. The van der Waals surface area contributed by atoms with Crippen LogP contribution in [0.15, 0.2) is 107 Å². The Bertz CT molecular complexity index is 1210. The number of hydrogen-bond donors (Lipinski definition) is 2. The fraction of sp³-hybridized carbons (Fsp3) is 0.0385. The number of thiazole rings is 1. The molecule has 2 N–H and O–H groups in total. The van der Waals surface area contributed by atoms with E-state index in [2.05, 4.69) is 15.6 Å². The van der Waals surface area contributed by atoms with Gasteiger partial charge in [-0.05, 0) is 41.5 Å². The number of hydrogen-bond acceptors (Lipinski definition) is 5. The topological polar surface area (TPSA) is 71.1 Å². The van der Waals surface area contributed by atoms with Gasteiger partial charge in [0.1, 0.15) is 5.25 Å². The first-order chi connectivity index (χ1) is 16.2. The van der Waals surface area contributed by atoms with E-state index in [1.54, 1.807) is 12.3 Å². The van der Waals surface area contributed by atoms with Crippen LogP contribution in [-0.4, -0.2) is 16.8 Å². The zero-order valence-electron chi connectivity index (χ0n) is 17.5. The smallest absolute Gasteiger partial charge is 0.248 e. The molecule has 4 rings (SSSR count). The van der Waals surface area contributed by atoms with E-state index in [0.29, 0.717) is 10.8 Å². The molecule has 0 bridgehead atoms. The van der Waals surface area contributed by atoms with E-state index in [0.717, 1.165) is 16.0 Å². The number of carbonyl (C=O) groups excluding carboxylic acids is 2. The first-order valence-corrected chi connectivity index (χ1v) is 12.0. The Hall–Kier alpha value is -3.68. The Labute approximate surface area is 200 Å². The average molecular weight is 472 g/mol. The molecule has 1 unspecified atom stereocenters. The molecule has 0 radical (unpaired) electrons. The largest absolute Gasteiger partial charge is 0.323 e. The van der Waals surface area contributed by atoms with Crippen LogP contribution in [0.5, 0.6) is 0 Å². The molecule has 1 heterocycles. The van der Waals surface area contributed by atoms with Crippen LogP contribution in [0, 0.1) is 0 Å². The molecule has 0 aliphatic carbocycles. The number of amides is 2. The molecule has 1 atom stereocenters. The van der Waals surface area contributed by atoms with Crippen molar-refractivity contribution in [2.45, 2.75) is 10.1 Å². The van der Waals surface area contributed by atoms with Gasteiger partial charge >= 0.3 is 0 Å². The van der Waals surface area contributed by atoms with Crippen molar-refractivity contribution in [3.63, 3.8) is 0 Å². The Kier molecular flexibility index (Phi) is 7.68. The molecule has 0 aliphatic heterocycles. The van der Waals surface area contributed by atoms with Crippen LogP contribution in [0.1, 0.15) is 16.4 Å². The second kappa shape index (κ2) is 11.3. The van der Waals surface area contributed by atoms with Crippen molar-refractivity contribution in [3.05, 3.63) is 114 Å². The van der Waals surface area contributed by atoms with Crippen LogP contribution in [0.25, 0.3) is 6.08 Å². The third-order valence-corrected chi connectivity index (χ3v) is 6.56. The molecule has 7 heteroatoms. The number of thioether (sulfide) groups is 1. The summed E-state index contributed by atoms with van der Waals surface area (Å²) in [7, 11) is 0. The minimum absolute atomic E-state index is 0.135. The summed E-state index contributed by atoms with van der Waals surface area (Å²) in [6, 6.07) is 26.7.